The lowest BCUT2D eigenvalue weighted by Gasteiger charge is -2.14. The molecule has 0 radical (unpaired) electrons. The average Bonchev–Trinajstić information content (AvgIpc) is 2.57. The quantitative estimate of drug-likeness (QED) is 0.802. The van der Waals surface area contributed by atoms with E-state index in [1.54, 1.807) is 0 Å². The van der Waals surface area contributed by atoms with Gasteiger partial charge in [0.25, 0.3) is 0 Å². The lowest BCUT2D eigenvalue weighted by Crippen LogP contribution is -2.21. The van der Waals surface area contributed by atoms with Crippen molar-refractivity contribution in [3.05, 3.63) is 21.4 Å². The van der Waals surface area contributed by atoms with E-state index >= 15 is 0 Å². The molecular weight excluding hydrogens is 228 g/mol. The van der Waals surface area contributed by atoms with E-state index in [1.165, 1.54) is 28.3 Å². The molecule has 1 N–H and O–H groups in total. The topological polar surface area (TPSA) is 15.3 Å². The number of hydrogen-bond donors (Lipinski definition) is 1. The zero-order chi connectivity index (χ0) is 12.8. The molecule has 0 saturated heterocycles. The molecule has 0 amide bonds. The first-order valence-corrected chi connectivity index (χ1v) is 7.34. The number of aryl methyl sites for hydroxylation is 1. The van der Waals surface area contributed by atoms with Gasteiger partial charge in [-0.3, -0.25) is 0 Å². The van der Waals surface area contributed by atoms with E-state index < -0.39 is 0 Å². The molecule has 0 atom stereocenters. The maximum Gasteiger partial charge on any atom is 0.0302 e. The number of hydrogen-bond acceptors (Lipinski definition) is 3. The van der Waals surface area contributed by atoms with Crippen LogP contribution >= 0.6 is 11.3 Å². The normalized spacial score (nSPS) is 11.7. The Morgan fingerprint density at radius 1 is 1.41 bits per heavy atom. The predicted molar refractivity (Wildman–Crippen MR) is 77.7 cm³/mol. The van der Waals surface area contributed by atoms with Crippen LogP contribution in [0.15, 0.2) is 6.07 Å². The second-order valence-corrected chi connectivity index (χ2v) is 6.41. The Morgan fingerprint density at radius 2 is 2.12 bits per heavy atom. The van der Waals surface area contributed by atoms with Gasteiger partial charge in [0.05, 0.1) is 0 Å². The Balaban J connectivity index is 2.55. The van der Waals surface area contributed by atoms with Crippen LogP contribution in [0.1, 0.15) is 42.5 Å². The van der Waals surface area contributed by atoms with Gasteiger partial charge in [0.1, 0.15) is 0 Å². The van der Waals surface area contributed by atoms with Crippen molar-refractivity contribution in [3.8, 4) is 0 Å². The monoisotopic (exact) mass is 254 g/mol. The van der Waals surface area contributed by atoms with Gasteiger partial charge >= 0.3 is 0 Å². The van der Waals surface area contributed by atoms with Crippen LogP contribution in [0, 0.1) is 6.92 Å². The first-order chi connectivity index (χ1) is 8.02. The number of rotatable bonds is 7. The molecule has 1 aromatic heterocycles. The summed E-state index contributed by atoms with van der Waals surface area (Å²) in [4.78, 5) is 5.32. The molecule has 1 aromatic rings. The highest BCUT2D eigenvalue weighted by atomic mass is 32.1. The Hall–Kier alpha value is -0.380. The summed E-state index contributed by atoms with van der Waals surface area (Å²) in [6, 6.07) is 2.92. The number of nitrogens with one attached hydrogen (secondary N) is 1. The minimum absolute atomic E-state index is 0.559. The van der Waals surface area contributed by atoms with E-state index in [1.807, 2.05) is 11.3 Å². The van der Waals surface area contributed by atoms with Crippen LogP contribution in [0.3, 0.4) is 0 Å². The molecule has 3 heteroatoms. The average molecular weight is 254 g/mol. The van der Waals surface area contributed by atoms with E-state index in [0.29, 0.717) is 6.04 Å². The van der Waals surface area contributed by atoms with E-state index in [2.05, 4.69) is 51.0 Å². The lowest BCUT2D eigenvalue weighted by molar-refractivity contribution is 0.327. The molecule has 0 aromatic carbocycles. The molecule has 0 fully saturated rings. The summed E-state index contributed by atoms with van der Waals surface area (Å²) >= 11 is 1.93. The van der Waals surface area contributed by atoms with Crippen molar-refractivity contribution in [3.63, 3.8) is 0 Å². The van der Waals surface area contributed by atoms with E-state index in [4.69, 9.17) is 0 Å². The summed E-state index contributed by atoms with van der Waals surface area (Å²) < 4.78 is 0. The van der Waals surface area contributed by atoms with Gasteiger partial charge in [0, 0.05) is 28.9 Å². The predicted octanol–water partition coefficient (Wildman–Crippen LogP) is 3.40. The van der Waals surface area contributed by atoms with Gasteiger partial charge in [-0.25, -0.2) is 0 Å². The van der Waals surface area contributed by atoms with Crippen LogP contribution in [0.25, 0.3) is 0 Å². The third-order valence-electron chi connectivity index (χ3n) is 2.80. The van der Waals surface area contributed by atoms with Gasteiger partial charge in [0.15, 0.2) is 0 Å². The second kappa shape index (κ2) is 7.14. The standard InChI is InChI=1S/C14H26N2S/c1-6-7-16(5)10-13-8-14(17-12(13)4)9-15-11(2)3/h8,11,15H,6-7,9-10H2,1-5H3. The highest BCUT2D eigenvalue weighted by molar-refractivity contribution is 7.12. The maximum absolute atomic E-state index is 3.48. The third-order valence-corrected chi connectivity index (χ3v) is 3.89. The summed E-state index contributed by atoms with van der Waals surface area (Å²) in [5.74, 6) is 0. The van der Waals surface area contributed by atoms with Crippen LogP contribution in [0.2, 0.25) is 0 Å². The Morgan fingerprint density at radius 3 is 2.71 bits per heavy atom. The molecular formula is C14H26N2S. The van der Waals surface area contributed by atoms with E-state index in [-0.39, 0.29) is 0 Å². The molecule has 17 heavy (non-hydrogen) atoms. The van der Waals surface area contributed by atoms with Crippen molar-refractivity contribution >= 4 is 11.3 Å². The van der Waals surface area contributed by atoms with Crippen LogP contribution < -0.4 is 5.32 Å². The van der Waals surface area contributed by atoms with Gasteiger partial charge in [0.2, 0.25) is 0 Å². The van der Waals surface area contributed by atoms with Gasteiger partial charge in [-0.1, -0.05) is 20.8 Å². The second-order valence-electron chi connectivity index (χ2n) is 5.07. The van der Waals surface area contributed by atoms with Gasteiger partial charge < -0.3 is 10.2 Å². The summed E-state index contributed by atoms with van der Waals surface area (Å²) in [6.07, 6.45) is 1.22. The molecule has 0 saturated carbocycles. The molecule has 0 aliphatic carbocycles. The molecule has 0 aliphatic rings. The van der Waals surface area contributed by atoms with Crippen molar-refractivity contribution in [1.82, 2.24) is 10.2 Å². The van der Waals surface area contributed by atoms with E-state index in [9.17, 15) is 0 Å². The van der Waals surface area contributed by atoms with Gasteiger partial charge in [-0.2, -0.15) is 0 Å². The minimum Gasteiger partial charge on any atom is -0.310 e. The number of thiophene rings is 1. The van der Waals surface area contributed by atoms with Crippen molar-refractivity contribution in [2.75, 3.05) is 13.6 Å². The zero-order valence-electron chi connectivity index (χ0n) is 11.8. The Labute approximate surface area is 110 Å². The highest BCUT2D eigenvalue weighted by Crippen LogP contribution is 2.22. The molecule has 0 aliphatic heterocycles. The smallest absolute Gasteiger partial charge is 0.0302 e. The minimum atomic E-state index is 0.559. The van der Waals surface area contributed by atoms with Crippen LogP contribution in [0.4, 0.5) is 0 Å². The summed E-state index contributed by atoms with van der Waals surface area (Å²) in [5, 5.41) is 3.48. The lowest BCUT2D eigenvalue weighted by atomic mass is 10.2. The Bertz CT molecular complexity index is 331. The summed E-state index contributed by atoms with van der Waals surface area (Å²) in [5.41, 5.74) is 1.49. The zero-order valence-corrected chi connectivity index (χ0v) is 12.7. The summed E-state index contributed by atoms with van der Waals surface area (Å²) in [7, 11) is 2.20. The molecule has 2 nitrogen and oxygen atoms in total. The third kappa shape index (κ3) is 5.19. The molecule has 0 unspecified atom stereocenters. The van der Waals surface area contributed by atoms with Crippen molar-refractivity contribution in [2.24, 2.45) is 0 Å². The van der Waals surface area contributed by atoms with Crippen molar-refractivity contribution < 1.29 is 0 Å². The highest BCUT2D eigenvalue weighted by Gasteiger charge is 2.08. The van der Waals surface area contributed by atoms with Crippen molar-refractivity contribution in [1.29, 1.82) is 0 Å². The van der Waals surface area contributed by atoms with Crippen LogP contribution in [0.5, 0.6) is 0 Å². The fourth-order valence-corrected chi connectivity index (χ4v) is 2.89. The fraction of sp³-hybridized carbons (Fsp3) is 0.714. The molecule has 1 rings (SSSR count). The Kier molecular flexibility index (Phi) is 6.17. The molecule has 1 heterocycles. The van der Waals surface area contributed by atoms with Crippen molar-refractivity contribution in [2.45, 2.75) is 53.2 Å². The molecule has 98 valence electrons. The largest absolute Gasteiger partial charge is 0.310 e. The number of nitrogens with zero attached hydrogens (tertiary/aromatic N) is 1. The van der Waals surface area contributed by atoms with E-state index in [0.717, 1.165) is 13.1 Å². The van der Waals surface area contributed by atoms with Crippen LogP contribution in [-0.4, -0.2) is 24.5 Å². The van der Waals surface area contributed by atoms with Crippen LogP contribution in [-0.2, 0) is 13.1 Å². The molecule has 0 spiro atoms. The SMILES string of the molecule is CCCN(C)Cc1cc(CNC(C)C)sc1C. The van der Waals surface area contributed by atoms with Gasteiger partial charge in [-0.05, 0) is 38.6 Å². The first-order valence-electron chi connectivity index (χ1n) is 6.53. The fourth-order valence-electron chi connectivity index (χ4n) is 1.89. The summed E-state index contributed by atoms with van der Waals surface area (Å²) in [6.45, 7) is 12.1. The maximum atomic E-state index is 3.48. The first kappa shape index (κ1) is 14.7. The molecule has 0 bridgehead atoms. The van der Waals surface area contributed by atoms with Gasteiger partial charge in [-0.15, -0.1) is 11.3 Å².